The first kappa shape index (κ1) is 17.4. The molecule has 1 aromatic heterocycles. The summed E-state index contributed by atoms with van der Waals surface area (Å²) in [7, 11) is 0. The van der Waals surface area contributed by atoms with Crippen molar-refractivity contribution in [2.24, 2.45) is 5.73 Å². The number of benzene rings is 1. The first-order valence-corrected chi connectivity index (χ1v) is 9.36. The zero-order chi connectivity index (χ0) is 19.1. The fourth-order valence-electron chi connectivity index (χ4n) is 3.78. The van der Waals surface area contributed by atoms with Gasteiger partial charge in [-0.25, -0.2) is 8.78 Å². The van der Waals surface area contributed by atoms with Gasteiger partial charge in [0.2, 0.25) is 0 Å². The van der Waals surface area contributed by atoms with Gasteiger partial charge in [-0.2, -0.15) is 5.26 Å². The third kappa shape index (κ3) is 2.64. The first-order chi connectivity index (χ1) is 13.0. The second-order valence-electron chi connectivity index (χ2n) is 6.40. The van der Waals surface area contributed by atoms with Gasteiger partial charge in [-0.1, -0.05) is 12.1 Å². The highest BCUT2D eigenvalue weighted by Gasteiger charge is 2.41. The van der Waals surface area contributed by atoms with E-state index < -0.39 is 17.6 Å². The van der Waals surface area contributed by atoms with Crippen LogP contribution in [0.5, 0.6) is 0 Å². The van der Waals surface area contributed by atoms with Crippen LogP contribution in [0.1, 0.15) is 30.1 Å². The number of nitriles is 1. The maximum Gasteiger partial charge on any atom is 0.161 e. The third-order valence-electron chi connectivity index (χ3n) is 4.90. The molecule has 0 unspecified atom stereocenters. The predicted molar refractivity (Wildman–Crippen MR) is 98.6 cm³/mol. The Morgan fingerprint density at radius 3 is 2.56 bits per heavy atom. The van der Waals surface area contributed by atoms with Crippen LogP contribution in [0, 0.1) is 23.0 Å². The van der Waals surface area contributed by atoms with Crippen LogP contribution in [-0.2, 0) is 4.79 Å². The summed E-state index contributed by atoms with van der Waals surface area (Å²) in [5, 5.41) is 11.6. The van der Waals surface area contributed by atoms with Gasteiger partial charge in [-0.3, -0.25) is 9.69 Å². The molecule has 2 aliphatic rings. The average Bonchev–Trinajstić information content (AvgIpc) is 3.17. The second kappa shape index (κ2) is 6.63. The summed E-state index contributed by atoms with van der Waals surface area (Å²) in [5.74, 6) is -2.33. The van der Waals surface area contributed by atoms with Gasteiger partial charge in [-0.05, 0) is 36.4 Å². The minimum atomic E-state index is -0.797. The number of carbonyl (C=O) groups excluding carboxylic acids is 1. The molecule has 1 aliphatic heterocycles. The van der Waals surface area contributed by atoms with E-state index in [0.29, 0.717) is 30.5 Å². The summed E-state index contributed by atoms with van der Waals surface area (Å²) in [4.78, 5) is 14.8. The van der Waals surface area contributed by atoms with E-state index >= 15 is 0 Å². The number of allylic oxidation sites excluding steroid dienone is 3. The Bertz CT molecular complexity index is 1010. The van der Waals surface area contributed by atoms with Crippen LogP contribution in [0.4, 0.5) is 14.5 Å². The van der Waals surface area contributed by atoms with E-state index in [2.05, 4.69) is 6.07 Å². The molecule has 1 atom stereocenters. The number of thiophene rings is 1. The molecule has 0 saturated carbocycles. The second-order valence-corrected chi connectivity index (χ2v) is 7.38. The monoisotopic (exact) mass is 383 g/mol. The molecule has 0 radical (unpaired) electrons. The molecule has 2 N–H and O–H groups in total. The minimum Gasteiger partial charge on any atom is -0.384 e. The lowest BCUT2D eigenvalue weighted by Crippen LogP contribution is -2.39. The lowest BCUT2D eigenvalue weighted by molar-refractivity contribution is -0.116. The number of hydrogen-bond donors (Lipinski definition) is 1. The standard InChI is InChI=1S/C20H15F2N3OS/c21-12-4-1-5-13(22)19(12)25-14-6-2-7-15(26)18(14)17(11(10-23)20(25)24)16-8-3-9-27-16/h1,3-5,8-9,17H,2,6-7,24H2/t17-/m0/s1. The molecule has 0 amide bonds. The van der Waals surface area contributed by atoms with Crippen molar-refractivity contribution in [2.75, 3.05) is 4.90 Å². The minimum absolute atomic E-state index is 0.0339. The van der Waals surface area contributed by atoms with Gasteiger partial charge >= 0.3 is 0 Å². The molecule has 0 bridgehead atoms. The van der Waals surface area contributed by atoms with Crippen LogP contribution in [0.25, 0.3) is 0 Å². The van der Waals surface area contributed by atoms with Crippen LogP contribution in [0.15, 0.2) is 58.4 Å². The van der Waals surface area contributed by atoms with Crippen molar-refractivity contribution in [3.63, 3.8) is 0 Å². The summed E-state index contributed by atoms with van der Waals surface area (Å²) in [5.41, 5.74) is 6.93. The third-order valence-corrected chi connectivity index (χ3v) is 5.84. The Hall–Kier alpha value is -2.98. The van der Waals surface area contributed by atoms with E-state index in [1.807, 2.05) is 17.5 Å². The van der Waals surface area contributed by atoms with Gasteiger partial charge < -0.3 is 5.73 Å². The van der Waals surface area contributed by atoms with Crippen molar-refractivity contribution in [2.45, 2.75) is 25.2 Å². The fraction of sp³-hybridized carbons (Fsp3) is 0.200. The van der Waals surface area contributed by atoms with Crippen molar-refractivity contribution in [1.29, 1.82) is 5.26 Å². The Kier molecular flexibility index (Phi) is 4.28. The van der Waals surface area contributed by atoms with Crippen LogP contribution < -0.4 is 10.6 Å². The molecule has 136 valence electrons. The number of hydrogen-bond acceptors (Lipinski definition) is 5. The number of rotatable bonds is 2. The molecule has 0 fully saturated rings. The van der Waals surface area contributed by atoms with Crippen molar-refractivity contribution in [3.05, 3.63) is 74.9 Å². The maximum atomic E-state index is 14.5. The Balaban J connectivity index is 2.02. The SMILES string of the molecule is N#CC1=C(N)N(c2c(F)cccc2F)C2=C(C(=O)CCC2)[C@@H]1c1cccs1. The lowest BCUT2D eigenvalue weighted by atomic mass is 9.78. The van der Waals surface area contributed by atoms with Gasteiger partial charge in [-0.15, -0.1) is 11.3 Å². The molecular weight excluding hydrogens is 368 g/mol. The number of Topliss-reactive ketones (excluding diaryl/α,β-unsaturated/α-hetero) is 1. The molecule has 27 heavy (non-hydrogen) atoms. The average molecular weight is 383 g/mol. The quantitative estimate of drug-likeness (QED) is 0.838. The van der Waals surface area contributed by atoms with Crippen LogP contribution in [0.3, 0.4) is 0 Å². The molecule has 4 nitrogen and oxygen atoms in total. The number of para-hydroxylation sites is 1. The van der Waals surface area contributed by atoms with E-state index in [0.717, 1.165) is 17.0 Å². The number of halogens is 2. The van der Waals surface area contributed by atoms with Gasteiger partial charge in [0.1, 0.15) is 23.1 Å². The van der Waals surface area contributed by atoms with Crippen LogP contribution >= 0.6 is 11.3 Å². The smallest absolute Gasteiger partial charge is 0.161 e. The number of anilines is 1. The maximum absolute atomic E-state index is 14.5. The van der Waals surface area contributed by atoms with Crippen LogP contribution in [-0.4, -0.2) is 5.78 Å². The highest BCUT2D eigenvalue weighted by Crippen LogP contribution is 2.47. The molecule has 0 saturated heterocycles. The van der Waals surface area contributed by atoms with Crippen LogP contribution in [0.2, 0.25) is 0 Å². The number of nitrogens with zero attached hydrogens (tertiary/aromatic N) is 2. The number of nitrogens with two attached hydrogens (primary N) is 1. The Morgan fingerprint density at radius 1 is 1.19 bits per heavy atom. The Labute approximate surface area is 158 Å². The molecule has 7 heteroatoms. The van der Waals surface area contributed by atoms with Gasteiger partial charge in [0.15, 0.2) is 5.78 Å². The summed E-state index contributed by atoms with van der Waals surface area (Å²) >= 11 is 1.42. The predicted octanol–water partition coefficient (Wildman–Crippen LogP) is 4.33. The van der Waals surface area contributed by atoms with Crippen molar-refractivity contribution >= 4 is 22.8 Å². The number of ketones is 1. The molecule has 1 aliphatic carbocycles. The molecule has 2 heterocycles. The van der Waals surface area contributed by atoms with Crippen molar-refractivity contribution in [1.82, 2.24) is 0 Å². The fourth-order valence-corrected chi connectivity index (χ4v) is 4.63. The normalized spacial score (nSPS) is 20.0. The van der Waals surface area contributed by atoms with E-state index in [1.54, 1.807) is 0 Å². The van der Waals surface area contributed by atoms with Crippen molar-refractivity contribution in [3.8, 4) is 6.07 Å². The number of carbonyl (C=O) groups is 1. The summed E-state index contributed by atoms with van der Waals surface area (Å²) in [6.07, 6.45) is 1.36. The summed E-state index contributed by atoms with van der Waals surface area (Å²) < 4.78 is 29.0. The van der Waals surface area contributed by atoms with Crippen molar-refractivity contribution < 1.29 is 13.6 Å². The molecule has 4 rings (SSSR count). The van der Waals surface area contributed by atoms with Gasteiger partial charge in [0, 0.05) is 22.6 Å². The van der Waals surface area contributed by atoms with E-state index in [1.165, 1.54) is 22.3 Å². The zero-order valence-electron chi connectivity index (χ0n) is 14.2. The van der Waals surface area contributed by atoms with E-state index in [-0.39, 0.29) is 22.9 Å². The summed E-state index contributed by atoms with van der Waals surface area (Å²) in [6, 6.07) is 9.28. The highest BCUT2D eigenvalue weighted by atomic mass is 32.1. The lowest BCUT2D eigenvalue weighted by Gasteiger charge is -2.39. The molecular formula is C20H15F2N3OS. The van der Waals surface area contributed by atoms with E-state index in [4.69, 9.17) is 5.73 Å². The molecule has 1 aromatic carbocycles. The highest BCUT2D eigenvalue weighted by molar-refractivity contribution is 7.10. The molecule has 2 aromatic rings. The summed E-state index contributed by atoms with van der Waals surface area (Å²) in [6.45, 7) is 0. The van der Waals surface area contributed by atoms with E-state index in [9.17, 15) is 18.8 Å². The topological polar surface area (TPSA) is 70.1 Å². The Morgan fingerprint density at radius 2 is 1.93 bits per heavy atom. The molecule has 0 spiro atoms. The van der Waals surface area contributed by atoms with Gasteiger partial charge in [0.25, 0.3) is 0 Å². The first-order valence-electron chi connectivity index (χ1n) is 8.48. The van der Waals surface area contributed by atoms with Gasteiger partial charge in [0.05, 0.1) is 17.6 Å². The zero-order valence-corrected chi connectivity index (χ0v) is 15.0. The largest absolute Gasteiger partial charge is 0.384 e.